The second-order valence-corrected chi connectivity index (χ2v) is 11.3. The maximum Gasteiger partial charge on any atom is 0.355 e. The fraction of sp³-hybridized carbons (Fsp3) is 0.400. The Hall–Kier alpha value is -3.45. The highest BCUT2D eigenvalue weighted by atomic mass is 127. The van der Waals surface area contributed by atoms with E-state index in [-0.39, 0.29) is 37.3 Å². The number of halogens is 1. The van der Waals surface area contributed by atoms with Crippen LogP contribution in [-0.2, 0) is 48.9 Å². The number of hydrogen-bond donors (Lipinski definition) is 0. The van der Waals surface area contributed by atoms with Gasteiger partial charge in [-0.3, -0.25) is 9.68 Å². The normalized spacial score (nSPS) is 20.2. The standard InChI is InChI=1S/C30H35IN3O7/c1-6-14-38-30(37)27-22(19(3)26-25(28(35)34(26)27)20(4)29(36)41-40-15-7-2)17-39-24-9-8-21(16-23(24)31)10-11-33-13-12-32(5)18-33/h6-9,12-13,16,18-20,25-26H,1-2,10-11,14-15,17H2,3-5H3/q+1. The summed E-state index contributed by atoms with van der Waals surface area (Å²) in [7, 11) is 1.99. The van der Waals surface area contributed by atoms with Gasteiger partial charge in [0.1, 0.15) is 43.7 Å². The third kappa shape index (κ3) is 6.56. The van der Waals surface area contributed by atoms with Crippen LogP contribution in [0.2, 0.25) is 0 Å². The monoisotopic (exact) mass is 676 g/mol. The number of benzene rings is 1. The summed E-state index contributed by atoms with van der Waals surface area (Å²) in [6.45, 7) is 11.6. The van der Waals surface area contributed by atoms with Crippen LogP contribution in [0.25, 0.3) is 0 Å². The molecule has 218 valence electrons. The van der Waals surface area contributed by atoms with Crippen LogP contribution < -0.4 is 9.30 Å². The molecule has 0 spiro atoms. The van der Waals surface area contributed by atoms with Gasteiger partial charge in [-0.1, -0.05) is 38.6 Å². The summed E-state index contributed by atoms with van der Waals surface area (Å²) < 4.78 is 16.6. The van der Waals surface area contributed by atoms with Crippen molar-refractivity contribution in [2.75, 3.05) is 19.8 Å². The molecule has 1 amide bonds. The molecule has 1 aromatic heterocycles. The Balaban J connectivity index is 1.49. The molecule has 4 unspecified atom stereocenters. The first-order chi connectivity index (χ1) is 19.7. The van der Waals surface area contributed by atoms with Gasteiger partial charge >= 0.3 is 11.9 Å². The van der Waals surface area contributed by atoms with Gasteiger partial charge in [-0.2, -0.15) is 4.89 Å². The minimum absolute atomic E-state index is 0.00494. The molecule has 11 heteroatoms. The Kier molecular flexibility index (Phi) is 10.0. The van der Waals surface area contributed by atoms with Crippen molar-refractivity contribution in [2.45, 2.75) is 32.9 Å². The van der Waals surface area contributed by atoms with Gasteiger partial charge in [-0.05, 0) is 40.3 Å². The minimum atomic E-state index is -0.774. The second-order valence-electron chi connectivity index (χ2n) is 10.2. The van der Waals surface area contributed by atoms with Gasteiger partial charge in [0.05, 0.1) is 35.0 Å². The largest absolute Gasteiger partial charge is 0.488 e. The quantitative estimate of drug-likeness (QED) is 0.0443. The van der Waals surface area contributed by atoms with E-state index in [1.165, 1.54) is 22.6 Å². The van der Waals surface area contributed by atoms with Crippen LogP contribution in [0.15, 0.2) is 73.5 Å². The number of nitrogens with zero attached hydrogens (tertiary/aromatic N) is 3. The lowest BCUT2D eigenvalue weighted by Gasteiger charge is -2.47. The van der Waals surface area contributed by atoms with E-state index in [1.54, 1.807) is 6.92 Å². The van der Waals surface area contributed by atoms with Crippen molar-refractivity contribution < 1.29 is 38.2 Å². The number of β-lactam (4-membered cyclic amide) rings is 1. The van der Waals surface area contributed by atoms with E-state index < -0.39 is 29.8 Å². The van der Waals surface area contributed by atoms with Crippen molar-refractivity contribution in [3.8, 4) is 5.75 Å². The van der Waals surface area contributed by atoms with E-state index >= 15 is 0 Å². The molecule has 2 aromatic rings. The Morgan fingerprint density at radius 3 is 2.63 bits per heavy atom. The molecule has 4 rings (SSSR count). The highest BCUT2D eigenvalue weighted by Gasteiger charge is 2.61. The molecule has 41 heavy (non-hydrogen) atoms. The van der Waals surface area contributed by atoms with Crippen LogP contribution in [0.1, 0.15) is 19.4 Å². The third-order valence-corrected chi connectivity index (χ3v) is 8.26. The van der Waals surface area contributed by atoms with Crippen molar-refractivity contribution >= 4 is 40.4 Å². The molecule has 2 aliphatic rings. The smallest absolute Gasteiger partial charge is 0.355 e. The maximum absolute atomic E-state index is 13.3. The molecule has 1 aromatic carbocycles. The molecule has 0 bridgehead atoms. The number of ether oxygens (including phenoxy) is 2. The highest BCUT2D eigenvalue weighted by Crippen LogP contribution is 2.49. The van der Waals surface area contributed by atoms with Gasteiger partial charge in [0.2, 0.25) is 12.2 Å². The van der Waals surface area contributed by atoms with Crippen molar-refractivity contribution in [1.29, 1.82) is 0 Å². The van der Waals surface area contributed by atoms with Gasteiger partial charge < -0.3 is 14.4 Å². The Labute approximate surface area is 253 Å². The highest BCUT2D eigenvalue weighted by molar-refractivity contribution is 14.1. The lowest BCUT2D eigenvalue weighted by molar-refractivity contribution is -0.671. The Morgan fingerprint density at radius 1 is 1.22 bits per heavy atom. The van der Waals surface area contributed by atoms with E-state index in [4.69, 9.17) is 19.2 Å². The molecule has 0 radical (unpaired) electrons. The van der Waals surface area contributed by atoms with E-state index in [0.717, 1.165) is 16.5 Å². The molecule has 0 N–H and O–H groups in total. The van der Waals surface area contributed by atoms with Crippen LogP contribution in [0.4, 0.5) is 0 Å². The molecular formula is C30H35IN3O7+. The van der Waals surface area contributed by atoms with Crippen LogP contribution >= 0.6 is 22.6 Å². The molecular weight excluding hydrogens is 641 g/mol. The molecule has 0 saturated carbocycles. The number of carbonyl (C=O) groups is 3. The van der Waals surface area contributed by atoms with E-state index in [2.05, 4.69) is 46.4 Å². The zero-order chi connectivity index (χ0) is 29.7. The van der Waals surface area contributed by atoms with Gasteiger partial charge in [0, 0.05) is 17.9 Å². The third-order valence-electron chi connectivity index (χ3n) is 7.42. The lowest BCUT2D eigenvalue weighted by Crippen LogP contribution is -2.63. The van der Waals surface area contributed by atoms with Gasteiger partial charge in [0.15, 0.2) is 0 Å². The number of fused-ring (bicyclic) bond motifs is 1. The zero-order valence-corrected chi connectivity index (χ0v) is 25.6. The minimum Gasteiger partial charge on any atom is -0.488 e. The summed E-state index contributed by atoms with van der Waals surface area (Å²) in [5.74, 6) is -2.65. The predicted octanol–water partition coefficient (Wildman–Crippen LogP) is 3.30. The first kappa shape index (κ1) is 30.5. The second kappa shape index (κ2) is 13.5. The number of rotatable bonds is 14. The van der Waals surface area contributed by atoms with Gasteiger partial charge in [-0.25, -0.2) is 18.7 Å². The van der Waals surface area contributed by atoms with Crippen LogP contribution in [0.3, 0.4) is 0 Å². The molecule has 1 saturated heterocycles. The molecule has 0 aliphatic carbocycles. The van der Waals surface area contributed by atoms with E-state index in [0.29, 0.717) is 11.3 Å². The van der Waals surface area contributed by atoms with E-state index in [9.17, 15) is 14.4 Å². The van der Waals surface area contributed by atoms with Crippen molar-refractivity contribution in [1.82, 2.24) is 9.47 Å². The zero-order valence-electron chi connectivity index (χ0n) is 23.5. The summed E-state index contributed by atoms with van der Waals surface area (Å²) in [6.07, 6.45) is 9.86. The van der Waals surface area contributed by atoms with Crippen LogP contribution in [-0.4, -0.2) is 53.2 Å². The summed E-state index contributed by atoms with van der Waals surface area (Å²) in [5, 5.41) is 0. The number of imidazole rings is 1. The topological polar surface area (TPSA) is 100 Å². The Bertz CT molecular complexity index is 1370. The van der Waals surface area contributed by atoms with Crippen LogP contribution in [0, 0.1) is 21.3 Å². The summed E-state index contributed by atoms with van der Waals surface area (Å²) in [5.41, 5.74) is 1.99. The van der Waals surface area contributed by atoms with Crippen LogP contribution in [0.5, 0.6) is 5.75 Å². The summed E-state index contributed by atoms with van der Waals surface area (Å²) >= 11 is 2.24. The number of esters is 1. The average molecular weight is 677 g/mol. The van der Waals surface area contributed by atoms with Gasteiger partial charge in [0.25, 0.3) is 0 Å². The number of hydrogen-bond acceptors (Lipinski definition) is 7. The summed E-state index contributed by atoms with van der Waals surface area (Å²) in [6, 6.07) is 5.62. The fourth-order valence-corrected chi connectivity index (χ4v) is 6.01. The van der Waals surface area contributed by atoms with Gasteiger partial charge in [-0.15, -0.1) is 6.58 Å². The first-order valence-electron chi connectivity index (χ1n) is 13.4. The summed E-state index contributed by atoms with van der Waals surface area (Å²) in [4.78, 5) is 50.0. The first-order valence-corrected chi connectivity index (χ1v) is 14.5. The lowest BCUT2D eigenvalue weighted by atomic mass is 9.74. The fourth-order valence-electron chi connectivity index (χ4n) is 5.27. The van der Waals surface area contributed by atoms with E-state index in [1.807, 2.05) is 49.4 Å². The number of amides is 1. The molecule has 10 nitrogen and oxygen atoms in total. The molecule has 1 fully saturated rings. The molecule has 4 atom stereocenters. The predicted molar refractivity (Wildman–Crippen MR) is 157 cm³/mol. The van der Waals surface area contributed by atoms with Crippen molar-refractivity contribution in [3.05, 3.63) is 82.6 Å². The number of carbonyl (C=O) groups excluding carboxylic acids is 3. The molecule has 3 heterocycles. The maximum atomic E-state index is 13.3. The van der Waals surface area contributed by atoms with Crippen molar-refractivity contribution in [2.24, 2.45) is 24.8 Å². The Morgan fingerprint density at radius 2 is 1.98 bits per heavy atom. The average Bonchev–Trinajstić information content (AvgIpc) is 3.48. The van der Waals surface area contributed by atoms with Crippen molar-refractivity contribution in [3.63, 3.8) is 0 Å². The number of aryl methyl sites for hydroxylation is 3. The number of aromatic nitrogens is 2. The molecule has 2 aliphatic heterocycles. The SMILES string of the molecule is C=CCOOC(=O)C(C)C1C(=O)N2C(C(=O)OCC=C)=C(COc3ccc(CCn4cc[n+](C)c4)cc3I)C(C)C12.